The summed E-state index contributed by atoms with van der Waals surface area (Å²) in [5.41, 5.74) is 2.87. The molecular weight excluding hydrogens is 124 g/mol. The standard InChI is InChI=1S/C8H12N2/c1-6-4-10-8-5-9-3-2-7(6)8/h2-3,6,9-10H,4-5H2,1H3. The van der Waals surface area contributed by atoms with Gasteiger partial charge in [0, 0.05) is 18.2 Å². The van der Waals surface area contributed by atoms with Crippen LogP contribution in [0.3, 0.4) is 0 Å². The molecule has 0 aromatic carbocycles. The largest absolute Gasteiger partial charge is 0.386 e. The van der Waals surface area contributed by atoms with E-state index in [1.165, 1.54) is 11.3 Å². The highest BCUT2D eigenvalue weighted by Crippen LogP contribution is 2.22. The van der Waals surface area contributed by atoms with Crippen molar-refractivity contribution in [2.75, 3.05) is 13.1 Å². The minimum Gasteiger partial charge on any atom is -0.386 e. The first-order chi connectivity index (χ1) is 4.88. The number of hydrogen-bond acceptors (Lipinski definition) is 2. The number of nitrogens with one attached hydrogen (secondary N) is 2. The SMILES string of the molecule is CC1CNC2=C1C=CNC2. The van der Waals surface area contributed by atoms with Gasteiger partial charge in [-0.25, -0.2) is 0 Å². The molecule has 2 nitrogen and oxygen atoms in total. The molecule has 2 rings (SSSR count). The van der Waals surface area contributed by atoms with Crippen molar-refractivity contribution in [2.24, 2.45) is 5.92 Å². The molecule has 10 heavy (non-hydrogen) atoms. The molecule has 0 aliphatic carbocycles. The predicted molar refractivity (Wildman–Crippen MR) is 41.3 cm³/mol. The van der Waals surface area contributed by atoms with E-state index in [0.29, 0.717) is 5.92 Å². The Morgan fingerprint density at radius 1 is 1.60 bits per heavy atom. The molecule has 1 unspecified atom stereocenters. The highest BCUT2D eigenvalue weighted by atomic mass is 15.0. The summed E-state index contributed by atoms with van der Waals surface area (Å²) < 4.78 is 0. The highest BCUT2D eigenvalue weighted by Gasteiger charge is 2.20. The second-order valence-electron chi connectivity index (χ2n) is 2.93. The number of rotatable bonds is 0. The van der Waals surface area contributed by atoms with Crippen LogP contribution in [0.25, 0.3) is 0 Å². The van der Waals surface area contributed by atoms with Crippen molar-refractivity contribution in [3.05, 3.63) is 23.5 Å². The lowest BCUT2D eigenvalue weighted by Gasteiger charge is -2.10. The van der Waals surface area contributed by atoms with E-state index in [-0.39, 0.29) is 0 Å². The van der Waals surface area contributed by atoms with Crippen LogP contribution < -0.4 is 10.6 Å². The van der Waals surface area contributed by atoms with E-state index in [2.05, 4.69) is 23.6 Å². The van der Waals surface area contributed by atoms with Gasteiger partial charge in [0.1, 0.15) is 0 Å². The van der Waals surface area contributed by atoms with Gasteiger partial charge in [-0.15, -0.1) is 0 Å². The second kappa shape index (κ2) is 2.04. The van der Waals surface area contributed by atoms with E-state index in [0.717, 1.165) is 13.1 Å². The molecule has 54 valence electrons. The average molecular weight is 136 g/mol. The van der Waals surface area contributed by atoms with Gasteiger partial charge in [-0.05, 0) is 17.8 Å². The summed E-state index contributed by atoms with van der Waals surface area (Å²) in [7, 11) is 0. The lowest BCUT2D eigenvalue weighted by molar-refractivity contribution is 0.699. The van der Waals surface area contributed by atoms with E-state index in [4.69, 9.17) is 0 Å². The first-order valence-corrected chi connectivity index (χ1v) is 3.75. The molecule has 0 aromatic heterocycles. The maximum atomic E-state index is 3.37. The van der Waals surface area contributed by atoms with Crippen molar-refractivity contribution >= 4 is 0 Å². The Morgan fingerprint density at radius 2 is 2.50 bits per heavy atom. The van der Waals surface area contributed by atoms with Crippen LogP contribution in [0.2, 0.25) is 0 Å². The molecule has 2 heteroatoms. The fourth-order valence-corrected chi connectivity index (χ4v) is 1.52. The zero-order chi connectivity index (χ0) is 6.97. The van der Waals surface area contributed by atoms with E-state index in [1.807, 2.05) is 6.20 Å². The highest BCUT2D eigenvalue weighted by molar-refractivity contribution is 5.34. The Labute approximate surface area is 61.0 Å². The molecule has 2 heterocycles. The van der Waals surface area contributed by atoms with Crippen molar-refractivity contribution in [1.82, 2.24) is 10.6 Å². The van der Waals surface area contributed by atoms with Gasteiger partial charge in [0.15, 0.2) is 0 Å². The second-order valence-corrected chi connectivity index (χ2v) is 2.93. The van der Waals surface area contributed by atoms with Crippen LogP contribution in [0.1, 0.15) is 6.92 Å². The Kier molecular flexibility index (Phi) is 1.19. The third-order valence-electron chi connectivity index (χ3n) is 2.16. The average Bonchev–Trinajstić information content (AvgIpc) is 2.34. The van der Waals surface area contributed by atoms with Gasteiger partial charge in [-0.3, -0.25) is 0 Å². The van der Waals surface area contributed by atoms with Crippen LogP contribution in [0.15, 0.2) is 23.5 Å². The van der Waals surface area contributed by atoms with Gasteiger partial charge in [0.2, 0.25) is 0 Å². The minimum atomic E-state index is 0.702. The lowest BCUT2D eigenvalue weighted by atomic mass is 10.0. The van der Waals surface area contributed by atoms with Gasteiger partial charge in [-0.2, -0.15) is 0 Å². The van der Waals surface area contributed by atoms with E-state index < -0.39 is 0 Å². The summed E-state index contributed by atoms with van der Waals surface area (Å²) in [5.74, 6) is 0.702. The molecule has 2 aliphatic rings. The molecule has 0 spiro atoms. The predicted octanol–water partition coefficient (Wildman–Crippen LogP) is 0.597. The third-order valence-corrected chi connectivity index (χ3v) is 2.16. The Morgan fingerprint density at radius 3 is 3.30 bits per heavy atom. The molecule has 0 bridgehead atoms. The van der Waals surface area contributed by atoms with Gasteiger partial charge >= 0.3 is 0 Å². The molecule has 0 saturated carbocycles. The topological polar surface area (TPSA) is 24.1 Å². The first-order valence-electron chi connectivity index (χ1n) is 3.75. The van der Waals surface area contributed by atoms with Crippen molar-refractivity contribution in [3.8, 4) is 0 Å². The first kappa shape index (κ1) is 5.83. The zero-order valence-corrected chi connectivity index (χ0v) is 6.15. The number of allylic oxidation sites excluding steroid dienone is 1. The van der Waals surface area contributed by atoms with Crippen LogP contribution in [0.4, 0.5) is 0 Å². The van der Waals surface area contributed by atoms with Crippen LogP contribution in [-0.4, -0.2) is 13.1 Å². The monoisotopic (exact) mass is 136 g/mol. The van der Waals surface area contributed by atoms with Gasteiger partial charge in [0.05, 0.1) is 6.54 Å². The summed E-state index contributed by atoms with van der Waals surface area (Å²) in [6.45, 7) is 4.35. The minimum absolute atomic E-state index is 0.702. The van der Waals surface area contributed by atoms with E-state index in [9.17, 15) is 0 Å². The molecule has 0 saturated heterocycles. The molecule has 0 radical (unpaired) electrons. The molecule has 2 N–H and O–H groups in total. The lowest BCUT2D eigenvalue weighted by Crippen LogP contribution is -2.20. The van der Waals surface area contributed by atoms with Crippen molar-refractivity contribution in [2.45, 2.75) is 6.92 Å². The normalized spacial score (nSPS) is 29.5. The fourth-order valence-electron chi connectivity index (χ4n) is 1.52. The van der Waals surface area contributed by atoms with Gasteiger partial charge in [-0.1, -0.05) is 6.92 Å². The van der Waals surface area contributed by atoms with Gasteiger partial charge < -0.3 is 10.6 Å². The summed E-state index contributed by atoms with van der Waals surface area (Å²) in [6, 6.07) is 0. The molecule has 1 atom stereocenters. The molecule has 2 aliphatic heterocycles. The number of dihydropyridines is 1. The maximum Gasteiger partial charge on any atom is 0.0545 e. The Hall–Kier alpha value is -0.920. The van der Waals surface area contributed by atoms with Crippen LogP contribution >= 0.6 is 0 Å². The Balaban J connectivity index is 2.30. The van der Waals surface area contributed by atoms with Crippen LogP contribution in [0, 0.1) is 5.92 Å². The van der Waals surface area contributed by atoms with E-state index in [1.54, 1.807) is 0 Å². The van der Waals surface area contributed by atoms with Crippen LogP contribution in [0.5, 0.6) is 0 Å². The van der Waals surface area contributed by atoms with Crippen molar-refractivity contribution in [3.63, 3.8) is 0 Å². The molecule has 0 aromatic rings. The van der Waals surface area contributed by atoms with Crippen molar-refractivity contribution in [1.29, 1.82) is 0 Å². The summed E-state index contributed by atoms with van der Waals surface area (Å²) in [4.78, 5) is 0. The molecule has 0 fully saturated rings. The Bertz CT molecular complexity index is 203. The zero-order valence-electron chi connectivity index (χ0n) is 6.15. The summed E-state index contributed by atoms with van der Waals surface area (Å²) in [6.07, 6.45) is 4.20. The summed E-state index contributed by atoms with van der Waals surface area (Å²) >= 11 is 0. The number of hydrogen-bond donors (Lipinski definition) is 2. The fraction of sp³-hybridized carbons (Fsp3) is 0.500. The third kappa shape index (κ3) is 0.719. The molecule has 0 amide bonds. The van der Waals surface area contributed by atoms with Gasteiger partial charge in [0.25, 0.3) is 0 Å². The quantitative estimate of drug-likeness (QED) is 0.509. The summed E-state index contributed by atoms with van der Waals surface area (Å²) in [5, 5.41) is 6.55. The smallest absolute Gasteiger partial charge is 0.0545 e. The van der Waals surface area contributed by atoms with E-state index >= 15 is 0 Å². The molecular formula is C8H12N2. The van der Waals surface area contributed by atoms with Crippen molar-refractivity contribution < 1.29 is 0 Å². The maximum absolute atomic E-state index is 3.37. The van der Waals surface area contributed by atoms with Crippen LogP contribution in [-0.2, 0) is 0 Å².